The van der Waals surface area contributed by atoms with Crippen molar-refractivity contribution in [2.24, 2.45) is 5.41 Å². The average molecular weight is 447 g/mol. The standard InChI is InChI=1S/C17H8Cl4NO3P/c18-9-3-1-4-10(19)13(9)15(23)17(7-22,8-26-25)16(24)14-11(20)5-2-6-12(14)21/h1-6H,8H2. The molecular formula is C17H8Cl4NO3P. The lowest BCUT2D eigenvalue weighted by atomic mass is 9.77. The van der Waals surface area contributed by atoms with E-state index in [9.17, 15) is 19.4 Å². The zero-order chi connectivity index (χ0) is 19.5. The smallest absolute Gasteiger partial charge is 0.194 e. The number of nitriles is 1. The van der Waals surface area contributed by atoms with Crippen LogP contribution in [0, 0.1) is 16.7 Å². The molecule has 2 aromatic carbocycles. The highest BCUT2D eigenvalue weighted by Crippen LogP contribution is 2.39. The number of rotatable bonds is 6. The minimum atomic E-state index is -2.35. The zero-order valence-corrected chi connectivity index (χ0v) is 16.7. The molecule has 0 N–H and O–H groups in total. The summed E-state index contributed by atoms with van der Waals surface area (Å²) >= 11 is 24.2. The molecule has 0 saturated heterocycles. The van der Waals surface area contributed by atoms with Gasteiger partial charge in [0.15, 0.2) is 25.4 Å². The number of nitrogens with zero attached hydrogens (tertiary/aromatic N) is 1. The molecule has 0 heterocycles. The second-order valence-electron chi connectivity index (χ2n) is 5.16. The van der Waals surface area contributed by atoms with Gasteiger partial charge < -0.3 is 0 Å². The van der Waals surface area contributed by atoms with Gasteiger partial charge in [-0.15, -0.1) is 0 Å². The number of carbonyl (C=O) groups excluding carboxylic acids is 2. The van der Waals surface area contributed by atoms with Crippen molar-refractivity contribution in [1.29, 1.82) is 5.26 Å². The van der Waals surface area contributed by atoms with Crippen molar-refractivity contribution in [3.63, 3.8) is 0 Å². The maximum atomic E-state index is 13.1. The van der Waals surface area contributed by atoms with E-state index >= 15 is 0 Å². The van der Waals surface area contributed by atoms with E-state index in [1.807, 2.05) is 0 Å². The Morgan fingerprint density at radius 1 is 0.885 bits per heavy atom. The predicted octanol–water partition coefficient (Wildman–Crippen LogP) is 6.17. The minimum absolute atomic E-state index is 0.0391. The first-order valence-corrected chi connectivity index (χ1v) is 9.49. The third kappa shape index (κ3) is 3.64. The van der Waals surface area contributed by atoms with Crippen LogP contribution in [0.2, 0.25) is 20.1 Å². The summed E-state index contributed by atoms with van der Waals surface area (Å²) in [4.78, 5) is 26.3. The van der Waals surface area contributed by atoms with Crippen LogP contribution in [0.5, 0.6) is 0 Å². The zero-order valence-electron chi connectivity index (χ0n) is 12.8. The molecule has 0 aliphatic heterocycles. The van der Waals surface area contributed by atoms with Crippen LogP contribution >= 0.6 is 54.9 Å². The lowest BCUT2D eigenvalue weighted by Crippen LogP contribution is -2.40. The van der Waals surface area contributed by atoms with Crippen LogP contribution in [0.15, 0.2) is 36.4 Å². The van der Waals surface area contributed by atoms with Gasteiger partial charge in [0.05, 0.1) is 43.4 Å². The highest BCUT2D eigenvalue weighted by Gasteiger charge is 2.49. The molecule has 132 valence electrons. The molecule has 4 nitrogen and oxygen atoms in total. The lowest BCUT2D eigenvalue weighted by Gasteiger charge is -2.23. The number of hydrogen-bond donors (Lipinski definition) is 0. The fraction of sp³-hybridized carbons (Fsp3) is 0.118. The SMILES string of the molecule is N#CC(CP=O)(C(=O)c1c(Cl)cccc1Cl)C(=O)c1c(Cl)cccc1Cl. The van der Waals surface area contributed by atoms with Crippen LogP contribution in [0.3, 0.4) is 0 Å². The third-order valence-corrected chi connectivity index (χ3v) is 5.51. The number of ketones is 2. The van der Waals surface area contributed by atoms with Crippen molar-refractivity contribution in [2.75, 3.05) is 6.16 Å². The van der Waals surface area contributed by atoms with E-state index in [1.165, 1.54) is 36.4 Å². The molecule has 0 saturated carbocycles. The third-order valence-electron chi connectivity index (χ3n) is 3.65. The van der Waals surface area contributed by atoms with Crippen molar-refractivity contribution in [2.45, 2.75) is 0 Å². The number of benzene rings is 2. The van der Waals surface area contributed by atoms with Crippen LogP contribution in [-0.4, -0.2) is 17.7 Å². The molecule has 2 aromatic rings. The van der Waals surface area contributed by atoms with Gasteiger partial charge in [0.25, 0.3) is 0 Å². The molecule has 0 aliphatic carbocycles. The molecule has 26 heavy (non-hydrogen) atoms. The van der Waals surface area contributed by atoms with Crippen LogP contribution < -0.4 is 0 Å². The van der Waals surface area contributed by atoms with Crippen molar-refractivity contribution < 1.29 is 14.2 Å². The summed E-state index contributed by atoms with van der Waals surface area (Å²) in [7, 11) is -0.596. The molecule has 0 atom stereocenters. The van der Waals surface area contributed by atoms with Crippen LogP contribution in [0.1, 0.15) is 20.7 Å². The van der Waals surface area contributed by atoms with Gasteiger partial charge in [-0.1, -0.05) is 58.5 Å². The van der Waals surface area contributed by atoms with E-state index in [4.69, 9.17) is 46.4 Å². The first-order chi connectivity index (χ1) is 12.3. The summed E-state index contributed by atoms with van der Waals surface area (Å²) in [6.07, 6.45) is -0.607. The van der Waals surface area contributed by atoms with E-state index in [2.05, 4.69) is 0 Å². The topological polar surface area (TPSA) is 75.0 Å². The fourth-order valence-corrected chi connectivity index (χ4v) is 4.03. The molecule has 0 fully saturated rings. The quantitative estimate of drug-likeness (QED) is 0.302. The summed E-state index contributed by atoms with van der Waals surface area (Å²) in [5, 5.41) is 9.57. The second kappa shape index (κ2) is 8.48. The van der Waals surface area contributed by atoms with Crippen molar-refractivity contribution in [1.82, 2.24) is 0 Å². The molecular weight excluding hydrogens is 439 g/mol. The van der Waals surface area contributed by atoms with Gasteiger partial charge >= 0.3 is 0 Å². The minimum Gasteiger partial charge on any atom is -0.292 e. The van der Waals surface area contributed by atoms with Gasteiger partial charge in [0, 0.05) is 0 Å². The molecule has 0 aliphatic rings. The molecule has 0 bridgehead atoms. The van der Waals surface area contributed by atoms with E-state index < -0.39 is 31.6 Å². The Labute approximate surface area is 170 Å². The summed E-state index contributed by atoms with van der Waals surface area (Å²) < 4.78 is 11.3. The Kier molecular flexibility index (Phi) is 6.80. The molecule has 0 aromatic heterocycles. The Bertz CT molecular complexity index is 852. The maximum Gasteiger partial charge on any atom is 0.194 e. The van der Waals surface area contributed by atoms with E-state index in [-0.39, 0.29) is 31.2 Å². The Hall–Kier alpha value is -1.47. The Morgan fingerprint density at radius 3 is 1.50 bits per heavy atom. The van der Waals surface area contributed by atoms with Gasteiger partial charge in [-0.05, 0) is 24.3 Å². The van der Waals surface area contributed by atoms with Gasteiger partial charge in [0.1, 0.15) is 0 Å². The monoisotopic (exact) mass is 445 g/mol. The normalized spacial score (nSPS) is 11.2. The van der Waals surface area contributed by atoms with Gasteiger partial charge in [-0.3, -0.25) is 14.2 Å². The molecule has 9 heteroatoms. The number of halogens is 4. The molecule has 0 spiro atoms. The summed E-state index contributed by atoms with van der Waals surface area (Å²) in [6.45, 7) is 0. The van der Waals surface area contributed by atoms with Crippen LogP contribution in [0.25, 0.3) is 0 Å². The number of Topliss-reactive ketones (excluding diaryl/α,β-unsaturated/α-hetero) is 2. The summed E-state index contributed by atoms with van der Waals surface area (Å²) in [5.41, 5.74) is -2.78. The van der Waals surface area contributed by atoms with Gasteiger partial charge in [-0.25, -0.2) is 0 Å². The van der Waals surface area contributed by atoms with Crippen LogP contribution in [-0.2, 0) is 4.57 Å². The van der Waals surface area contributed by atoms with Crippen molar-refractivity contribution in [3.8, 4) is 6.07 Å². The number of hydrogen-bond acceptors (Lipinski definition) is 4. The van der Waals surface area contributed by atoms with Gasteiger partial charge in [0.2, 0.25) is 0 Å². The number of carbonyl (C=O) groups is 2. The van der Waals surface area contributed by atoms with Crippen molar-refractivity contribution in [3.05, 3.63) is 67.6 Å². The first-order valence-electron chi connectivity index (χ1n) is 6.98. The van der Waals surface area contributed by atoms with E-state index in [1.54, 1.807) is 6.07 Å². The Balaban J connectivity index is 2.74. The van der Waals surface area contributed by atoms with Gasteiger partial charge in [-0.2, -0.15) is 5.26 Å². The Morgan fingerprint density at radius 2 is 1.23 bits per heavy atom. The van der Waals surface area contributed by atoms with E-state index in [0.717, 1.165) is 0 Å². The highest BCUT2D eigenvalue weighted by atomic mass is 35.5. The first kappa shape index (κ1) is 20.8. The van der Waals surface area contributed by atoms with Crippen LogP contribution in [0.4, 0.5) is 0 Å². The largest absolute Gasteiger partial charge is 0.292 e. The maximum absolute atomic E-state index is 13.1. The predicted molar refractivity (Wildman–Crippen MR) is 102 cm³/mol. The average Bonchev–Trinajstić information content (AvgIpc) is 2.59. The lowest BCUT2D eigenvalue weighted by molar-refractivity contribution is 0.0759. The highest BCUT2D eigenvalue weighted by molar-refractivity contribution is 7.24. The van der Waals surface area contributed by atoms with Crippen molar-refractivity contribution >= 4 is 66.4 Å². The van der Waals surface area contributed by atoms with E-state index in [0.29, 0.717) is 0 Å². The molecule has 0 unspecified atom stereocenters. The molecule has 0 amide bonds. The molecule has 0 radical (unpaired) electrons. The second-order valence-corrected chi connectivity index (χ2v) is 7.36. The fourth-order valence-electron chi connectivity index (χ4n) is 2.34. The summed E-state index contributed by atoms with van der Waals surface area (Å²) in [6, 6.07) is 10.3. The summed E-state index contributed by atoms with van der Waals surface area (Å²) in [5.74, 6) is -1.94. The molecule has 2 rings (SSSR count).